The van der Waals surface area contributed by atoms with Crippen LogP contribution in [0.1, 0.15) is 25.7 Å². The largest absolute Gasteiger partial charge is 0.355 e. The molecule has 0 radical (unpaired) electrons. The van der Waals surface area contributed by atoms with Crippen LogP contribution in [-0.2, 0) is 24.7 Å². The van der Waals surface area contributed by atoms with Crippen molar-refractivity contribution in [3.8, 4) is 0 Å². The second-order valence-electron chi connectivity index (χ2n) is 7.22. The topological polar surface area (TPSA) is 101 Å². The molecular weight excluding hydrogens is 424 g/mol. The maximum atomic E-state index is 13.0. The molecule has 0 aromatic heterocycles. The van der Waals surface area contributed by atoms with Gasteiger partial charge in [-0.05, 0) is 43.5 Å². The van der Waals surface area contributed by atoms with Gasteiger partial charge in [-0.1, -0.05) is 42.8 Å². The van der Waals surface area contributed by atoms with Crippen molar-refractivity contribution < 1.29 is 21.6 Å². The lowest BCUT2D eigenvalue weighted by molar-refractivity contribution is -0.125. The van der Waals surface area contributed by atoms with Gasteiger partial charge in [0.25, 0.3) is 0 Å². The van der Waals surface area contributed by atoms with Crippen LogP contribution in [-0.4, -0.2) is 51.9 Å². The Morgan fingerprint density at radius 3 is 2.13 bits per heavy atom. The summed E-state index contributed by atoms with van der Waals surface area (Å²) in [6, 6.07) is 15.5. The van der Waals surface area contributed by atoms with Crippen molar-refractivity contribution in [1.29, 1.82) is 0 Å². The third-order valence-corrected chi connectivity index (χ3v) is 8.84. The van der Waals surface area contributed by atoms with Gasteiger partial charge in [0.2, 0.25) is 15.9 Å². The molecule has 1 atom stereocenters. The molecule has 1 unspecified atom stereocenters. The zero-order chi connectivity index (χ0) is 21.6. The standard InChI is InChI=1S/C21H26N2O5S2/c24-21(22-15-9-17-29(25,26)18-10-3-1-4-11-18)20-14-7-8-16-23(20)30(27,28)19-12-5-2-6-13-19/h1-6,10-13,20H,7-9,14-17H2,(H,22,24). The highest BCUT2D eigenvalue weighted by Crippen LogP contribution is 2.25. The fourth-order valence-electron chi connectivity index (χ4n) is 3.52. The monoisotopic (exact) mass is 450 g/mol. The second-order valence-corrected chi connectivity index (χ2v) is 11.2. The van der Waals surface area contributed by atoms with E-state index in [2.05, 4.69) is 5.32 Å². The van der Waals surface area contributed by atoms with Gasteiger partial charge in [-0.25, -0.2) is 16.8 Å². The molecule has 2 aromatic carbocycles. The lowest BCUT2D eigenvalue weighted by Gasteiger charge is -2.33. The molecule has 1 aliphatic rings. The van der Waals surface area contributed by atoms with E-state index in [9.17, 15) is 21.6 Å². The zero-order valence-corrected chi connectivity index (χ0v) is 18.2. The van der Waals surface area contributed by atoms with Crippen molar-refractivity contribution in [2.75, 3.05) is 18.8 Å². The van der Waals surface area contributed by atoms with Crippen LogP contribution < -0.4 is 5.32 Å². The molecule has 7 nitrogen and oxygen atoms in total. The van der Waals surface area contributed by atoms with Crippen LogP contribution in [0.25, 0.3) is 0 Å². The van der Waals surface area contributed by atoms with Gasteiger partial charge in [-0.3, -0.25) is 4.79 Å². The lowest BCUT2D eigenvalue weighted by atomic mass is 10.0. The van der Waals surface area contributed by atoms with Gasteiger partial charge in [0.05, 0.1) is 15.5 Å². The minimum Gasteiger partial charge on any atom is -0.355 e. The predicted molar refractivity (Wildman–Crippen MR) is 114 cm³/mol. The molecule has 9 heteroatoms. The molecule has 1 N–H and O–H groups in total. The van der Waals surface area contributed by atoms with E-state index in [0.717, 1.165) is 6.42 Å². The first kappa shape index (κ1) is 22.5. The fraction of sp³-hybridized carbons (Fsp3) is 0.381. The number of hydrogen-bond donors (Lipinski definition) is 1. The first-order valence-corrected chi connectivity index (χ1v) is 13.0. The summed E-state index contributed by atoms with van der Waals surface area (Å²) in [6.45, 7) is 0.457. The molecule has 1 fully saturated rings. The SMILES string of the molecule is O=C(NCCCS(=O)(=O)c1ccccc1)C1CCCCN1S(=O)(=O)c1ccccc1. The number of hydrogen-bond acceptors (Lipinski definition) is 5. The molecule has 1 saturated heterocycles. The number of piperidine rings is 1. The van der Waals surface area contributed by atoms with Crippen LogP contribution in [0.2, 0.25) is 0 Å². The molecule has 0 spiro atoms. The van der Waals surface area contributed by atoms with Crippen molar-refractivity contribution in [3.05, 3.63) is 60.7 Å². The summed E-state index contributed by atoms with van der Waals surface area (Å²) in [5.74, 6) is -0.472. The number of nitrogens with zero attached hydrogens (tertiary/aromatic N) is 1. The average Bonchev–Trinajstić information content (AvgIpc) is 2.78. The van der Waals surface area contributed by atoms with Gasteiger partial charge in [0, 0.05) is 13.1 Å². The third kappa shape index (κ3) is 5.27. The van der Waals surface area contributed by atoms with E-state index < -0.39 is 25.9 Å². The highest BCUT2D eigenvalue weighted by molar-refractivity contribution is 7.91. The van der Waals surface area contributed by atoms with Crippen LogP contribution in [0.3, 0.4) is 0 Å². The number of benzene rings is 2. The van der Waals surface area contributed by atoms with E-state index in [1.807, 2.05) is 0 Å². The first-order valence-electron chi connectivity index (χ1n) is 9.95. The normalized spacial score (nSPS) is 18.1. The summed E-state index contributed by atoms with van der Waals surface area (Å²) < 4.78 is 51.9. The van der Waals surface area contributed by atoms with Crippen molar-refractivity contribution in [2.45, 2.75) is 41.5 Å². The van der Waals surface area contributed by atoms with Crippen molar-refractivity contribution in [1.82, 2.24) is 9.62 Å². The molecule has 1 aliphatic heterocycles. The molecule has 1 amide bonds. The summed E-state index contributed by atoms with van der Waals surface area (Å²) in [7, 11) is -7.18. The number of amides is 1. The van der Waals surface area contributed by atoms with Crippen LogP contribution in [0.15, 0.2) is 70.5 Å². The fourth-order valence-corrected chi connectivity index (χ4v) is 6.53. The first-order chi connectivity index (χ1) is 14.3. The average molecular weight is 451 g/mol. The van der Waals surface area contributed by atoms with Gasteiger partial charge < -0.3 is 5.32 Å². The maximum absolute atomic E-state index is 13.0. The van der Waals surface area contributed by atoms with Gasteiger partial charge in [-0.2, -0.15) is 4.31 Å². The minimum atomic E-state index is -3.77. The van der Waals surface area contributed by atoms with Gasteiger partial charge in [-0.15, -0.1) is 0 Å². The summed E-state index contributed by atoms with van der Waals surface area (Å²) in [5, 5.41) is 2.72. The molecule has 2 aromatic rings. The Hall–Kier alpha value is -2.23. The molecule has 30 heavy (non-hydrogen) atoms. The predicted octanol–water partition coefficient (Wildman–Crippen LogP) is 2.21. The number of nitrogens with one attached hydrogen (secondary N) is 1. The Labute approximate surface area is 178 Å². The van der Waals surface area contributed by atoms with Crippen molar-refractivity contribution in [3.63, 3.8) is 0 Å². The number of sulfone groups is 1. The maximum Gasteiger partial charge on any atom is 0.243 e. The Morgan fingerprint density at radius 2 is 1.50 bits per heavy atom. The van der Waals surface area contributed by atoms with Gasteiger partial charge in [0.1, 0.15) is 6.04 Å². The summed E-state index contributed by atoms with van der Waals surface area (Å²) in [5.41, 5.74) is 0. The van der Waals surface area contributed by atoms with E-state index in [4.69, 9.17) is 0 Å². The number of carbonyl (C=O) groups excluding carboxylic acids is 1. The zero-order valence-electron chi connectivity index (χ0n) is 16.6. The Balaban J connectivity index is 1.60. The number of rotatable bonds is 8. The summed E-state index contributed by atoms with van der Waals surface area (Å²) in [6.07, 6.45) is 2.16. The van der Waals surface area contributed by atoms with E-state index in [1.54, 1.807) is 48.5 Å². The van der Waals surface area contributed by atoms with Crippen molar-refractivity contribution >= 4 is 25.8 Å². The van der Waals surface area contributed by atoms with Crippen LogP contribution >= 0.6 is 0 Å². The van der Waals surface area contributed by atoms with E-state index in [1.165, 1.54) is 16.4 Å². The molecule has 0 aliphatic carbocycles. The molecular formula is C21H26N2O5S2. The Morgan fingerprint density at radius 1 is 0.900 bits per heavy atom. The van der Waals surface area contributed by atoms with Gasteiger partial charge >= 0.3 is 0 Å². The van der Waals surface area contributed by atoms with Crippen LogP contribution in [0, 0.1) is 0 Å². The molecule has 1 heterocycles. The molecule has 162 valence electrons. The van der Waals surface area contributed by atoms with Crippen LogP contribution in [0.5, 0.6) is 0 Å². The van der Waals surface area contributed by atoms with Gasteiger partial charge in [0.15, 0.2) is 9.84 Å². The van der Waals surface area contributed by atoms with E-state index >= 15 is 0 Å². The van der Waals surface area contributed by atoms with E-state index in [-0.39, 0.29) is 41.0 Å². The Bertz CT molecular complexity index is 1060. The number of sulfonamides is 1. The molecule has 3 rings (SSSR count). The third-order valence-electron chi connectivity index (χ3n) is 5.10. The quantitative estimate of drug-likeness (QED) is 0.622. The molecule has 0 bridgehead atoms. The summed E-state index contributed by atoms with van der Waals surface area (Å²) >= 11 is 0. The highest BCUT2D eigenvalue weighted by atomic mass is 32.2. The Kier molecular flexibility index (Phi) is 7.27. The van der Waals surface area contributed by atoms with E-state index in [0.29, 0.717) is 12.8 Å². The second kappa shape index (κ2) is 9.72. The number of carbonyl (C=O) groups is 1. The van der Waals surface area contributed by atoms with Crippen LogP contribution in [0.4, 0.5) is 0 Å². The summed E-state index contributed by atoms with van der Waals surface area (Å²) in [4.78, 5) is 13.1. The highest BCUT2D eigenvalue weighted by Gasteiger charge is 2.37. The lowest BCUT2D eigenvalue weighted by Crippen LogP contribution is -2.52. The molecule has 0 saturated carbocycles. The smallest absolute Gasteiger partial charge is 0.243 e. The van der Waals surface area contributed by atoms with Crippen molar-refractivity contribution in [2.24, 2.45) is 0 Å². The minimum absolute atomic E-state index is 0.0893.